The molecule has 0 atom stereocenters. The third kappa shape index (κ3) is 2.75. The molecule has 4 nitrogen and oxygen atoms in total. The van der Waals surface area contributed by atoms with Crippen molar-refractivity contribution in [2.24, 2.45) is 0 Å². The molecule has 0 radical (unpaired) electrons. The lowest BCUT2D eigenvalue weighted by molar-refractivity contribution is 0.111. The van der Waals surface area contributed by atoms with E-state index in [4.69, 9.17) is 5.73 Å². The van der Waals surface area contributed by atoms with Crippen LogP contribution in [0.25, 0.3) is 22.0 Å². The quantitative estimate of drug-likeness (QED) is 0.669. The first-order valence-corrected chi connectivity index (χ1v) is 9.16. The summed E-state index contributed by atoms with van der Waals surface area (Å²) in [5.41, 5.74) is 12.0. The Morgan fingerprint density at radius 1 is 1.12 bits per heavy atom. The van der Waals surface area contributed by atoms with Crippen LogP contribution < -0.4 is 5.73 Å². The number of hydrogen-bond donors (Lipinski definition) is 2. The lowest BCUT2D eigenvalue weighted by Gasteiger charge is -2.27. The summed E-state index contributed by atoms with van der Waals surface area (Å²) >= 11 is 0. The first-order valence-electron chi connectivity index (χ1n) is 9.16. The maximum absolute atomic E-state index is 9.85. The Labute approximate surface area is 153 Å². The zero-order valence-corrected chi connectivity index (χ0v) is 14.9. The van der Waals surface area contributed by atoms with Crippen LogP contribution in [0.1, 0.15) is 42.9 Å². The van der Waals surface area contributed by atoms with Crippen LogP contribution in [0.4, 0.5) is 5.69 Å². The summed E-state index contributed by atoms with van der Waals surface area (Å²) < 4.78 is 2.33. The monoisotopic (exact) mass is 345 g/mol. The molecule has 0 spiro atoms. The number of nitriles is 1. The number of nitrogen functional groups attached to an aromatic ring is 1. The third-order valence-electron chi connectivity index (χ3n) is 5.69. The van der Waals surface area contributed by atoms with Crippen molar-refractivity contribution in [1.29, 1.82) is 5.26 Å². The van der Waals surface area contributed by atoms with Gasteiger partial charge in [-0.15, -0.1) is 0 Å². The van der Waals surface area contributed by atoms with Crippen LogP contribution in [0.5, 0.6) is 0 Å². The zero-order valence-electron chi connectivity index (χ0n) is 14.9. The predicted molar refractivity (Wildman–Crippen MR) is 105 cm³/mol. The summed E-state index contributed by atoms with van der Waals surface area (Å²) in [6.45, 7) is 2.04. The molecule has 1 fully saturated rings. The van der Waals surface area contributed by atoms with E-state index < -0.39 is 0 Å². The van der Waals surface area contributed by atoms with Crippen LogP contribution in [0.3, 0.4) is 0 Å². The van der Waals surface area contributed by atoms with Gasteiger partial charge in [0.15, 0.2) is 0 Å². The molecule has 1 aliphatic carbocycles. The Kier molecular flexibility index (Phi) is 4.18. The smallest absolute Gasteiger partial charge is 0.0991 e. The van der Waals surface area contributed by atoms with Gasteiger partial charge in [0.2, 0.25) is 0 Å². The maximum atomic E-state index is 9.85. The van der Waals surface area contributed by atoms with E-state index in [2.05, 4.69) is 22.9 Å². The number of aliphatic hydroxyl groups excluding tert-OH is 1. The Hall–Kier alpha value is -2.77. The van der Waals surface area contributed by atoms with E-state index in [1.54, 1.807) is 0 Å². The van der Waals surface area contributed by atoms with Crippen molar-refractivity contribution in [3.8, 4) is 17.2 Å². The summed E-state index contributed by atoms with van der Waals surface area (Å²) in [7, 11) is 0. The van der Waals surface area contributed by atoms with Crippen LogP contribution in [0.15, 0.2) is 42.6 Å². The topological polar surface area (TPSA) is 75.0 Å². The number of fused-ring (bicyclic) bond motifs is 1. The van der Waals surface area contributed by atoms with Crippen molar-refractivity contribution < 1.29 is 5.11 Å². The predicted octanol–water partition coefficient (Wildman–Crippen LogP) is 4.55. The number of rotatable bonds is 2. The molecule has 26 heavy (non-hydrogen) atoms. The minimum atomic E-state index is -0.172. The van der Waals surface area contributed by atoms with E-state index in [1.807, 2.05) is 37.3 Å². The van der Waals surface area contributed by atoms with Gasteiger partial charge in [0.1, 0.15) is 0 Å². The molecule has 2 aromatic carbocycles. The molecule has 1 aromatic heterocycles. The summed E-state index contributed by atoms with van der Waals surface area (Å²) in [6.07, 6.45) is 5.66. The second kappa shape index (κ2) is 6.51. The molecule has 132 valence electrons. The van der Waals surface area contributed by atoms with E-state index in [0.29, 0.717) is 11.6 Å². The van der Waals surface area contributed by atoms with E-state index in [-0.39, 0.29) is 6.10 Å². The van der Waals surface area contributed by atoms with Gasteiger partial charge in [0.05, 0.1) is 17.7 Å². The van der Waals surface area contributed by atoms with E-state index in [0.717, 1.165) is 59.0 Å². The first kappa shape index (κ1) is 16.7. The van der Waals surface area contributed by atoms with Gasteiger partial charge in [0, 0.05) is 34.4 Å². The normalized spacial score (nSPS) is 20.2. The number of hydrogen-bond acceptors (Lipinski definition) is 3. The van der Waals surface area contributed by atoms with Gasteiger partial charge in [-0.2, -0.15) is 5.26 Å². The molecule has 1 aliphatic rings. The fourth-order valence-electron chi connectivity index (χ4n) is 4.12. The fraction of sp³-hybridized carbons (Fsp3) is 0.318. The van der Waals surface area contributed by atoms with Crippen LogP contribution in [0, 0.1) is 18.3 Å². The number of benzene rings is 2. The third-order valence-corrected chi connectivity index (χ3v) is 5.69. The summed E-state index contributed by atoms with van der Waals surface area (Å²) in [4.78, 5) is 0. The van der Waals surface area contributed by atoms with Gasteiger partial charge in [0.25, 0.3) is 0 Å². The molecule has 0 bridgehead atoms. The van der Waals surface area contributed by atoms with E-state index in [1.165, 1.54) is 0 Å². The number of aliphatic hydroxyl groups is 1. The highest BCUT2D eigenvalue weighted by Gasteiger charge is 2.23. The Bertz CT molecular complexity index is 1000. The SMILES string of the molecule is Cc1c(N)cccc1-c1cn(C2CCC(O)CC2)c2ccc(C#N)cc12. The van der Waals surface area contributed by atoms with E-state index >= 15 is 0 Å². The van der Waals surface area contributed by atoms with Gasteiger partial charge >= 0.3 is 0 Å². The second-order valence-corrected chi connectivity index (χ2v) is 7.28. The molecule has 0 saturated heterocycles. The highest BCUT2D eigenvalue weighted by molar-refractivity contribution is 5.98. The Balaban J connectivity index is 1.92. The van der Waals surface area contributed by atoms with Crippen LogP contribution in [0.2, 0.25) is 0 Å². The lowest BCUT2D eigenvalue weighted by Crippen LogP contribution is -2.20. The molecule has 4 rings (SSSR count). The van der Waals surface area contributed by atoms with Crippen LogP contribution >= 0.6 is 0 Å². The fourth-order valence-corrected chi connectivity index (χ4v) is 4.12. The Morgan fingerprint density at radius 2 is 1.88 bits per heavy atom. The van der Waals surface area contributed by atoms with Crippen molar-refractivity contribution in [1.82, 2.24) is 4.57 Å². The average Bonchev–Trinajstić information content (AvgIpc) is 3.03. The number of nitrogens with zero attached hydrogens (tertiary/aromatic N) is 2. The average molecular weight is 345 g/mol. The summed E-state index contributed by atoms with van der Waals surface area (Å²) in [6, 6.07) is 14.5. The molecule has 0 aliphatic heterocycles. The van der Waals surface area contributed by atoms with Gasteiger partial charge in [-0.3, -0.25) is 0 Å². The largest absolute Gasteiger partial charge is 0.398 e. The van der Waals surface area contributed by atoms with Crippen molar-refractivity contribution in [2.45, 2.75) is 44.8 Å². The van der Waals surface area contributed by atoms with E-state index in [9.17, 15) is 10.4 Å². The van der Waals surface area contributed by atoms with Crippen molar-refractivity contribution in [3.05, 3.63) is 53.7 Å². The molecule has 1 heterocycles. The second-order valence-electron chi connectivity index (χ2n) is 7.28. The minimum Gasteiger partial charge on any atom is -0.398 e. The molecule has 3 N–H and O–H groups in total. The van der Waals surface area contributed by atoms with Crippen molar-refractivity contribution in [3.63, 3.8) is 0 Å². The van der Waals surface area contributed by atoms with Crippen molar-refractivity contribution >= 4 is 16.6 Å². The highest BCUT2D eigenvalue weighted by atomic mass is 16.3. The molecule has 1 saturated carbocycles. The summed E-state index contributed by atoms with van der Waals surface area (Å²) in [5.74, 6) is 0. The molecular formula is C22H23N3O. The molecular weight excluding hydrogens is 322 g/mol. The van der Waals surface area contributed by atoms with Crippen LogP contribution in [-0.4, -0.2) is 15.8 Å². The standard InChI is InChI=1S/C22H23N3O/c1-14-18(3-2-4-21(14)24)20-13-25(16-6-8-17(26)9-7-16)22-10-5-15(12-23)11-19(20)22/h2-5,10-11,13,16-17,26H,6-9,24H2,1H3. The van der Waals surface area contributed by atoms with Gasteiger partial charge in [-0.25, -0.2) is 0 Å². The highest BCUT2D eigenvalue weighted by Crippen LogP contribution is 2.39. The van der Waals surface area contributed by atoms with Crippen molar-refractivity contribution in [2.75, 3.05) is 5.73 Å². The number of aromatic nitrogens is 1. The number of anilines is 1. The first-order chi connectivity index (χ1) is 12.6. The van der Waals surface area contributed by atoms with Crippen LogP contribution in [-0.2, 0) is 0 Å². The van der Waals surface area contributed by atoms with Gasteiger partial charge in [-0.05, 0) is 68.0 Å². The Morgan fingerprint density at radius 3 is 2.62 bits per heavy atom. The minimum absolute atomic E-state index is 0.172. The lowest BCUT2D eigenvalue weighted by atomic mass is 9.93. The molecule has 0 unspecified atom stereocenters. The maximum Gasteiger partial charge on any atom is 0.0991 e. The molecule has 4 heteroatoms. The molecule has 3 aromatic rings. The molecule has 0 amide bonds. The zero-order chi connectivity index (χ0) is 18.3. The van der Waals surface area contributed by atoms with Gasteiger partial charge in [-0.1, -0.05) is 12.1 Å². The number of nitrogens with two attached hydrogens (primary N) is 1. The summed E-state index contributed by atoms with van der Waals surface area (Å²) in [5, 5.41) is 20.3. The van der Waals surface area contributed by atoms with Gasteiger partial charge < -0.3 is 15.4 Å².